The van der Waals surface area contributed by atoms with Gasteiger partial charge in [0.2, 0.25) is 5.91 Å². The van der Waals surface area contributed by atoms with Crippen LogP contribution in [0, 0.1) is 0 Å². The quantitative estimate of drug-likeness (QED) is 0.760. The first-order chi connectivity index (χ1) is 7.18. The first kappa shape index (κ1) is 12.5. The maximum atomic E-state index is 11.5. The van der Waals surface area contributed by atoms with Crippen LogP contribution in [0.5, 0.6) is 0 Å². The Bertz CT molecular complexity index is 186. The van der Waals surface area contributed by atoms with Crippen LogP contribution in [0.1, 0.15) is 52.4 Å². The van der Waals surface area contributed by atoms with Gasteiger partial charge in [0.05, 0.1) is 12.7 Å². The van der Waals surface area contributed by atoms with Gasteiger partial charge in [-0.2, -0.15) is 0 Å². The normalized spacial score (nSPS) is 18.1. The zero-order valence-corrected chi connectivity index (χ0v) is 9.92. The minimum Gasteiger partial charge on any atom is -0.378 e. The van der Waals surface area contributed by atoms with Gasteiger partial charge in [-0.15, -0.1) is 0 Å². The molecule has 1 aliphatic rings. The molecule has 0 unspecified atom stereocenters. The Morgan fingerprint density at radius 2 is 2.00 bits per heavy atom. The standard InChI is InChI=1S/C12H23NO2/c1-10(2)15-9-8-12(14)13-11-6-4-3-5-7-11/h10-11H,3-9H2,1-2H3,(H,13,14). The number of carbonyl (C=O) groups excluding carboxylic acids is 1. The smallest absolute Gasteiger partial charge is 0.222 e. The van der Waals surface area contributed by atoms with Crippen LogP contribution in [0.15, 0.2) is 0 Å². The van der Waals surface area contributed by atoms with Gasteiger partial charge in [-0.05, 0) is 26.7 Å². The molecule has 1 aliphatic carbocycles. The summed E-state index contributed by atoms with van der Waals surface area (Å²) in [7, 11) is 0. The lowest BCUT2D eigenvalue weighted by Gasteiger charge is -2.22. The van der Waals surface area contributed by atoms with Crippen LogP contribution < -0.4 is 5.32 Å². The SMILES string of the molecule is CC(C)OCCC(=O)NC1CCCCC1. The van der Waals surface area contributed by atoms with Crippen molar-refractivity contribution in [2.24, 2.45) is 0 Å². The summed E-state index contributed by atoms with van der Waals surface area (Å²) in [5.74, 6) is 0.141. The molecular weight excluding hydrogens is 190 g/mol. The third-order valence-electron chi connectivity index (χ3n) is 2.75. The molecule has 1 N–H and O–H groups in total. The summed E-state index contributed by atoms with van der Waals surface area (Å²) in [5, 5.41) is 3.07. The molecule has 1 saturated carbocycles. The summed E-state index contributed by atoms with van der Waals surface area (Å²) >= 11 is 0. The molecule has 15 heavy (non-hydrogen) atoms. The fraction of sp³-hybridized carbons (Fsp3) is 0.917. The van der Waals surface area contributed by atoms with Crippen molar-refractivity contribution in [3.05, 3.63) is 0 Å². The van der Waals surface area contributed by atoms with Crippen molar-refractivity contribution in [2.75, 3.05) is 6.61 Å². The molecule has 0 radical (unpaired) electrons. The average molecular weight is 213 g/mol. The Hall–Kier alpha value is -0.570. The average Bonchev–Trinajstić information content (AvgIpc) is 2.18. The highest BCUT2D eigenvalue weighted by Crippen LogP contribution is 2.17. The molecule has 0 atom stereocenters. The van der Waals surface area contributed by atoms with Crippen molar-refractivity contribution in [2.45, 2.75) is 64.5 Å². The van der Waals surface area contributed by atoms with E-state index in [-0.39, 0.29) is 12.0 Å². The van der Waals surface area contributed by atoms with Gasteiger partial charge in [0.25, 0.3) is 0 Å². The maximum Gasteiger partial charge on any atom is 0.222 e. The number of hydrogen-bond acceptors (Lipinski definition) is 2. The molecule has 0 aromatic heterocycles. The van der Waals surface area contributed by atoms with Crippen LogP contribution in [0.2, 0.25) is 0 Å². The van der Waals surface area contributed by atoms with Gasteiger partial charge in [-0.1, -0.05) is 19.3 Å². The van der Waals surface area contributed by atoms with Crippen LogP contribution >= 0.6 is 0 Å². The van der Waals surface area contributed by atoms with E-state index in [2.05, 4.69) is 5.32 Å². The van der Waals surface area contributed by atoms with Crippen molar-refractivity contribution in [1.82, 2.24) is 5.32 Å². The minimum absolute atomic E-state index is 0.141. The summed E-state index contributed by atoms with van der Waals surface area (Å²) in [6, 6.07) is 0.422. The highest BCUT2D eigenvalue weighted by molar-refractivity contribution is 5.76. The molecule has 1 amide bonds. The molecule has 88 valence electrons. The molecule has 0 heterocycles. The lowest BCUT2D eigenvalue weighted by Crippen LogP contribution is -2.36. The van der Waals surface area contributed by atoms with Crippen molar-refractivity contribution in [1.29, 1.82) is 0 Å². The molecular formula is C12H23NO2. The summed E-state index contributed by atoms with van der Waals surface area (Å²) in [6.07, 6.45) is 6.85. The molecule has 0 aromatic carbocycles. The predicted octanol–water partition coefficient (Wildman–Crippen LogP) is 2.25. The lowest BCUT2D eigenvalue weighted by molar-refractivity contribution is -0.123. The van der Waals surface area contributed by atoms with E-state index in [0.29, 0.717) is 19.1 Å². The summed E-state index contributed by atoms with van der Waals surface area (Å²) in [5.41, 5.74) is 0. The van der Waals surface area contributed by atoms with Gasteiger partial charge in [-0.3, -0.25) is 4.79 Å². The molecule has 0 aliphatic heterocycles. The van der Waals surface area contributed by atoms with E-state index >= 15 is 0 Å². The van der Waals surface area contributed by atoms with Crippen molar-refractivity contribution >= 4 is 5.91 Å². The van der Waals surface area contributed by atoms with Crippen LogP contribution in [0.3, 0.4) is 0 Å². The Labute approximate surface area is 92.6 Å². The van der Waals surface area contributed by atoms with Gasteiger partial charge in [0.15, 0.2) is 0 Å². The van der Waals surface area contributed by atoms with Gasteiger partial charge < -0.3 is 10.1 Å². The van der Waals surface area contributed by atoms with Gasteiger partial charge in [-0.25, -0.2) is 0 Å². The van der Waals surface area contributed by atoms with Gasteiger partial charge in [0, 0.05) is 12.5 Å². The zero-order valence-electron chi connectivity index (χ0n) is 9.92. The van der Waals surface area contributed by atoms with E-state index in [1.54, 1.807) is 0 Å². The highest BCUT2D eigenvalue weighted by atomic mass is 16.5. The highest BCUT2D eigenvalue weighted by Gasteiger charge is 2.15. The first-order valence-corrected chi connectivity index (χ1v) is 6.09. The molecule has 0 saturated heterocycles. The number of hydrogen-bond donors (Lipinski definition) is 1. The second kappa shape index (κ2) is 6.83. The number of rotatable bonds is 5. The van der Waals surface area contributed by atoms with E-state index < -0.39 is 0 Å². The Kier molecular flexibility index (Phi) is 5.69. The van der Waals surface area contributed by atoms with Crippen LogP contribution in [0.4, 0.5) is 0 Å². The third-order valence-corrected chi connectivity index (χ3v) is 2.75. The molecule has 3 nitrogen and oxygen atoms in total. The molecule has 1 rings (SSSR count). The van der Waals surface area contributed by atoms with Crippen molar-refractivity contribution in [3.63, 3.8) is 0 Å². The van der Waals surface area contributed by atoms with Crippen LogP contribution in [0.25, 0.3) is 0 Å². The second-order valence-corrected chi connectivity index (χ2v) is 4.57. The summed E-state index contributed by atoms with van der Waals surface area (Å²) in [4.78, 5) is 11.5. The van der Waals surface area contributed by atoms with Gasteiger partial charge in [0.1, 0.15) is 0 Å². The lowest BCUT2D eigenvalue weighted by atomic mass is 9.95. The van der Waals surface area contributed by atoms with Crippen molar-refractivity contribution in [3.8, 4) is 0 Å². The topological polar surface area (TPSA) is 38.3 Å². The van der Waals surface area contributed by atoms with Gasteiger partial charge >= 0.3 is 0 Å². The van der Waals surface area contributed by atoms with Crippen LogP contribution in [-0.2, 0) is 9.53 Å². The molecule has 3 heteroatoms. The minimum atomic E-state index is 0.141. The molecule has 1 fully saturated rings. The Morgan fingerprint density at radius 3 is 2.60 bits per heavy atom. The number of amides is 1. The van der Waals surface area contributed by atoms with E-state index in [0.717, 1.165) is 12.8 Å². The zero-order chi connectivity index (χ0) is 11.1. The summed E-state index contributed by atoms with van der Waals surface area (Å²) in [6.45, 7) is 4.51. The number of ether oxygens (including phenoxy) is 1. The molecule has 0 bridgehead atoms. The number of carbonyl (C=O) groups is 1. The first-order valence-electron chi connectivity index (χ1n) is 6.09. The Balaban J connectivity index is 2.06. The predicted molar refractivity (Wildman–Crippen MR) is 60.7 cm³/mol. The van der Waals surface area contributed by atoms with Crippen molar-refractivity contribution < 1.29 is 9.53 Å². The van der Waals surface area contributed by atoms with E-state index in [4.69, 9.17) is 4.74 Å². The maximum absolute atomic E-state index is 11.5. The third kappa shape index (κ3) is 5.78. The Morgan fingerprint density at radius 1 is 1.33 bits per heavy atom. The number of nitrogens with one attached hydrogen (secondary N) is 1. The van der Waals surface area contributed by atoms with E-state index in [1.807, 2.05) is 13.8 Å². The fourth-order valence-corrected chi connectivity index (χ4v) is 1.93. The molecule has 0 spiro atoms. The summed E-state index contributed by atoms with van der Waals surface area (Å²) < 4.78 is 5.34. The van der Waals surface area contributed by atoms with E-state index in [1.165, 1.54) is 19.3 Å². The van der Waals surface area contributed by atoms with E-state index in [9.17, 15) is 4.79 Å². The second-order valence-electron chi connectivity index (χ2n) is 4.57. The van der Waals surface area contributed by atoms with Crippen LogP contribution in [-0.4, -0.2) is 24.7 Å². The fourth-order valence-electron chi connectivity index (χ4n) is 1.93. The molecule has 0 aromatic rings. The largest absolute Gasteiger partial charge is 0.378 e. The monoisotopic (exact) mass is 213 g/mol.